The molecule has 0 aliphatic carbocycles. The summed E-state index contributed by atoms with van der Waals surface area (Å²) >= 11 is 0. The fourth-order valence-electron chi connectivity index (χ4n) is 0.418. The van der Waals surface area contributed by atoms with Gasteiger partial charge in [0.15, 0.2) is 5.82 Å². The SMILES string of the molecule is CC(C)c1nn[c-]nn1.[Rh]. The van der Waals surface area contributed by atoms with Gasteiger partial charge in [-0.2, -0.15) is 10.2 Å². The van der Waals surface area contributed by atoms with E-state index in [4.69, 9.17) is 0 Å². The maximum Gasteiger partial charge on any atom is 0.169 e. The Morgan fingerprint density at radius 1 is 1.20 bits per heavy atom. The molecular formula is C5H7N4Rh-. The van der Waals surface area contributed by atoms with E-state index in [1.165, 1.54) is 0 Å². The summed E-state index contributed by atoms with van der Waals surface area (Å²) in [5.41, 5.74) is 0. The van der Waals surface area contributed by atoms with Gasteiger partial charge in [-0.05, 0) is 0 Å². The molecule has 0 unspecified atom stereocenters. The van der Waals surface area contributed by atoms with E-state index in [0.29, 0.717) is 11.7 Å². The summed E-state index contributed by atoms with van der Waals surface area (Å²) in [5, 5.41) is 14.3. The van der Waals surface area contributed by atoms with Gasteiger partial charge in [0.05, 0.1) is 0 Å². The average Bonchev–Trinajstić information content (AvgIpc) is 1.90. The normalized spacial score (nSPS) is 9.10. The number of hydrogen-bond acceptors (Lipinski definition) is 4. The first-order valence-electron chi connectivity index (χ1n) is 2.74. The second kappa shape index (κ2) is 4.39. The van der Waals surface area contributed by atoms with E-state index in [9.17, 15) is 0 Å². The third-order valence-electron chi connectivity index (χ3n) is 0.911. The minimum Gasteiger partial charge on any atom is -0.349 e. The number of aromatic nitrogens is 4. The Morgan fingerprint density at radius 3 is 2.00 bits per heavy atom. The van der Waals surface area contributed by atoms with E-state index in [-0.39, 0.29) is 19.5 Å². The molecule has 0 N–H and O–H groups in total. The van der Waals surface area contributed by atoms with Crippen LogP contribution in [0.3, 0.4) is 0 Å². The maximum atomic E-state index is 3.70. The van der Waals surface area contributed by atoms with E-state index < -0.39 is 0 Å². The average molecular weight is 226 g/mol. The van der Waals surface area contributed by atoms with Crippen LogP contribution in [-0.2, 0) is 19.5 Å². The van der Waals surface area contributed by atoms with Crippen LogP contribution in [0.2, 0.25) is 0 Å². The van der Waals surface area contributed by atoms with Gasteiger partial charge >= 0.3 is 0 Å². The van der Waals surface area contributed by atoms with Crippen molar-refractivity contribution in [2.45, 2.75) is 19.8 Å². The van der Waals surface area contributed by atoms with Crippen LogP contribution in [0, 0.1) is 6.33 Å². The molecule has 10 heavy (non-hydrogen) atoms. The molecule has 1 radical (unpaired) electrons. The van der Waals surface area contributed by atoms with Crippen molar-refractivity contribution < 1.29 is 19.5 Å². The molecule has 0 saturated heterocycles. The Morgan fingerprint density at radius 2 is 1.70 bits per heavy atom. The van der Waals surface area contributed by atoms with Gasteiger partial charge in [0.1, 0.15) is 0 Å². The molecule has 0 atom stereocenters. The molecule has 0 amide bonds. The quantitative estimate of drug-likeness (QED) is 0.506. The zero-order valence-corrected chi connectivity index (χ0v) is 7.34. The Labute approximate surface area is 72.2 Å². The van der Waals surface area contributed by atoms with Gasteiger partial charge < -0.3 is 10.2 Å². The molecule has 0 bridgehead atoms. The largest absolute Gasteiger partial charge is 0.349 e. The van der Waals surface area contributed by atoms with E-state index >= 15 is 0 Å². The van der Waals surface area contributed by atoms with Crippen molar-refractivity contribution in [3.63, 3.8) is 0 Å². The second-order valence-corrected chi connectivity index (χ2v) is 2.01. The van der Waals surface area contributed by atoms with Crippen LogP contribution < -0.4 is 0 Å². The third-order valence-corrected chi connectivity index (χ3v) is 0.911. The fourth-order valence-corrected chi connectivity index (χ4v) is 0.418. The topological polar surface area (TPSA) is 51.6 Å². The molecule has 0 fully saturated rings. The second-order valence-electron chi connectivity index (χ2n) is 2.01. The first-order valence-corrected chi connectivity index (χ1v) is 2.74. The Bertz CT molecular complexity index is 176. The van der Waals surface area contributed by atoms with Crippen LogP contribution in [0.25, 0.3) is 0 Å². The molecule has 0 saturated carbocycles. The smallest absolute Gasteiger partial charge is 0.169 e. The van der Waals surface area contributed by atoms with Crippen molar-refractivity contribution in [1.82, 2.24) is 20.4 Å². The van der Waals surface area contributed by atoms with Gasteiger partial charge in [-0.25, -0.2) is 6.33 Å². The van der Waals surface area contributed by atoms with E-state index in [2.05, 4.69) is 26.7 Å². The van der Waals surface area contributed by atoms with Gasteiger partial charge in [-0.3, -0.25) is 0 Å². The molecule has 1 rings (SSSR count). The summed E-state index contributed by atoms with van der Waals surface area (Å²) < 4.78 is 0. The Hall–Kier alpha value is -0.437. The molecule has 0 aliphatic rings. The molecule has 1 aromatic heterocycles. The van der Waals surface area contributed by atoms with Crippen molar-refractivity contribution in [3.8, 4) is 0 Å². The maximum absolute atomic E-state index is 3.70. The van der Waals surface area contributed by atoms with Crippen LogP contribution in [0.5, 0.6) is 0 Å². The third kappa shape index (κ3) is 2.44. The van der Waals surface area contributed by atoms with Crippen molar-refractivity contribution in [1.29, 1.82) is 0 Å². The van der Waals surface area contributed by atoms with Crippen LogP contribution in [0.1, 0.15) is 25.6 Å². The van der Waals surface area contributed by atoms with Crippen molar-refractivity contribution in [2.75, 3.05) is 0 Å². The standard InChI is InChI=1S/C5H7N4.Rh/c1-4(2)5-8-6-3-7-9-5;/h4H,1-2H3;/q-1;. The molecule has 4 nitrogen and oxygen atoms in total. The van der Waals surface area contributed by atoms with Crippen molar-refractivity contribution in [3.05, 3.63) is 12.2 Å². The molecule has 1 heterocycles. The molecule has 1 aromatic rings. The summed E-state index contributed by atoms with van der Waals surface area (Å²) in [6, 6.07) is 0. The number of rotatable bonds is 1. The summed E-state index contributed by atoms with van der Waals surface area (Å²) in [6.07, 6.45) is 2.27. The van der Waals surface area contributed by atoms with Gasteiger partial charge in [-0.1, -0.05) is 13.8 Å². The number of nitrogens with zero attached hydrogens (tertiary/aromatic N) is 4. The van der Waals surface area contributed by atoms with Crippen LogP contribution in [0.4, 0.5) is 0 Å². The van der Waals surface area contributed by atoms with E-state index in [1.807, 2.05) is 13.8 Å². The predicted molar refractivity (Wildman–Crippen MR) is 30.5 cm³/mol. The Kier molecular flexibility index (Phi) is 4.20. The number of hydrogen-bond donors (Lipinski definition) is 0. The molecule has 0 aromatic carbocycles. The van der Waals surface area contributed by atoms with Crippen molar-refractivity contribution >= 4 is 0 Å². The van der Waals surface area contributed by atoms with Crippen LogP contribution in [0.15, 0.2) is 0 Å². The molecule has 0 spiro atoms. The summed E-state index contributed by atoms with van der Waals surface area (Å²) in [4.78, 5) is 0. The monoisotopic (exact) mass is 226 g/mol. The van der Waals surface area contributed by atoms with Crippen LogP contribution >= 0.6 is 0 Å². The fraction of sp³-hybridized carbons (Fsp3) is 0.600. The summed E-state index contributed by atoms with van der Waals surface area (Å²) in [6.45, 7) is 3.97. The van der Waals surface area contributed by atoms with E-state index in [1.54, 1.807) is 0 Å². The first kappa shape index (κ1) is 9.56. The van der Waals surface area contributed by atoms with Gasteiger partial charge in [0, 0.05) is 25.4 Å². The van der Waals surface area contributed by atoms with Gasteiger partial charge in [-0.15, -0.1) is 0 Å². The van der Waals surface area contributed by atoms with Gasteiger partial charge in [0.25, 0.3) is 0 Å². The van der Waals surface area contributed by atoms with E-state index in [0.717, 1.165) is 0 Å². The zero-order valence-electron chi connectivity index (χ0n) is 5.70. The first-order chi connectivity index (χ1) is 4.30. The predicted octanol–water partition coefficient (Wildman–Crippen LogP) is 0.188. The minimum absolute atomic E-state index is 0. The summed E-state index contributed by atoms with van der Waals surface area (Å²) in [7, 11) is 0. The Balaban J connectivity index is 0.000000810. The zero-order chi connectivity index (χ0) is 6.69. The van der Waals surface area contributed by atoms with Gasteiger partial charge in [0.2, 0.25) is 0 Å². The molecule has 5 heteroatoms. The minimum atomic E-state index is 0. The summed E-state index contributed by atoms with van der Waals surface area (Å²) in [5.74, 6) is 0.952. The van der Waals surface area contributed by atoms with Crippen LogP contribution in [-0.4, -0.2) is 20.4 Å². The molecule has 0 aliphatic heterocycles. The molecular weight excluding hydrogens is 219 g/mol. The van der Waals surface area contributed by atoms with Crippen molar-refractivity contribution in [2.24, 2.45) is 0 Å². The molecule has 57 valence electrons.